The van der Waals surface area contributed by atoms with Crippen LogP contribution in [0.1, 0.15) is 17.9 Å². The molecule has 5 nitrogen and oxygen atoms in total. The van der Waals surface area contributed by atoms with Crippen LogP contribution in [0.4, 0.5) is 5.69 Å². The molecule has 0 atom stereocenters. The van der Waals surface area contributed by atoms with E-state index in [-0.39, 0.29) is 5.69 Å². The number of benzene rings is 1. The van der Waals surface area contributed by atoms with E-state index in [0.717, 1.165) is 6.42 Å². The lowest BCUT2D eigenvalue weighted by Gasteiger charge is -2.00. The molecule has 1 aromatic heterocycles. The van der Waals surface area contributed by atoms with Crippen LogP contribution in [-0.2, 0) is 6.42 Å². The van der Waals surface area contributed by atoms with Crippen LogP contribution in [0.2, 0.25) is 0 Å². The van der Waals surface area contributed by atoms with Crippen molar-refractivity contribution in [3.05, 3.63) is 46.0 Å². The number of hydrogen-bond acceptors (Lipinski definition) is 4. The zero-order valence-corrected chi connectivity index (χ0v) is 11.2. The summed E-state index contributed by atoms with van der Waals surface area (Å²) >= 11 is 5.60. The van der Waals surface area contributed by atoms with Crippen LogP contribution in [0.25, 0.3) is 11.3 Å². The highest BCUT2D eigenvalue weighted by Gasteiger charge is 2.14. The SMILES string of the molecule is Cc1ccc(-c2cnc(CCCCl)o2)cc1[N+](=O)[O-]. The second kappa shape index (κ2) is 5.84. The van der Waals surface area contributed by atoms with Crippen molar-refractivity contribution in [2.24, 2.45) is 0 Å². The largest absolute Gasteiger partial charge is 0.441 e. The fourth-order valence-corrected chi connectivity index (χ4v) is 1.87. The quantitative estimate of drug-likeness (QED) is 0.475. The summed E-state index contributed by atoms with van der Waals surface area (Å²) in [5.74, 6) is 1.68. The van der Waals surface area contributed by atoms with Crippen molar-refractivity contribution < 1.29 is 9.34 Å². The maximum absolute atomic E-state index is 10.9. The second-order valence-electron chi connectivity index (χ2n) is 4.17. The summed E-state index contributed by atoms with van der Waals surface area (Å²) in [5.41, 5.74) is 1.36. The van der Waals surface area contributed by atoms with E-state index >= 15 is 0 Å². The minimum absolute atomic E-state index is 0.0798. The van der Waals surface area contributed by atoms with Gasteiger partial charge in [-0.3, -0.25) is 10.1 Å². The summed E-state index contributed by atoms with van der Waals surface area (Å²) < 4.78 is 5.55. The molecule has 2 aromatic rings. The summed E-state index contributed by atoms with van der Waals surface area (Å²) in [4.78, 5) is 14.6. The average molecular weight is 281 g/mol. The van der Waals surface area contributed by atoms with Gasteiger partial charge in [0, 0.05) is 29.5 Å². The molecule has 0 spiro atoms. The van der Waals surface area contributed by atoms with E-state index in [1.54, 1.807) is 25.3 Å². The Morgan fingerprint density at radius 3 is 2.95 bits per heavy atom. The maximum atomic E-state index is 10.9. The van der Waals surface area contributed by atoms with E-state index in [9.17, 15) is 10.1 Å². The molecule has 0 fully saturated rings. The predicted molar refractivity (Wildman–Crippen MR) is 72.4 cm³/mol. The lowest BCUT2D eigenvalue weighted by atomic mass is 10.1. The van der Waals surface area contributed by atoms with Gasteiger partial charge in [0.1, 0.15) is 0 Å². The Hall–Kier alpha value is -1.88. The number of aromatic nitrogens is 1. The number of alkyl halides is 1. The van der Waals surface area contributed by atoms with Gasteiger partial charge in [0.15, 0.2) is 11.7 Å². The van der Waals surface area contributed by atoms with Crippen molar-refractivity contribution in [2.75, 3.05) is 5.88 Å². The monoisotopic (exact) mass is 280 g/mol. The number of aryl methyl sites for hydroxylation is 2. The summed E-state index contributed by atoms with van der Waals surface area (Å²) in [6.07, 6.45) is 3.03. The third-order valence-corrected chi connectivity index (χ3v) is 3.04. The highest BCUT2D eigenvalue weighted by molar-refractivity contribution is 6.17. The summed E-state index contributed by atoms with van der Waals surface area (Å²) in [6.45, 7) is 1.70. The Balaban J connectivity index is 2.29. The fourth-order valence-electron chi connectivity index (χ4n) is 1.74. The van der Waals surface area contributed by atoms with Crippen molar-refractivity contribution in [3.8, 4) is 11.3 Å². The van der Waals surface area contributed by atoms with Crippen LogP contribution in [-0.4, -0.2) is 15.8 Å². The topological polar surface area (TPSA) is 69.2 Å². The molecular formula is C13H13ClN2O3. The first-order valence-corrected chi connectivity index (χ1v) is 6.41. The van der Waals surface area contributed by atoms with Crippen LogP contribution < -0.4 is 0 Å². The molecule has 1 aromatic carbocycles. The van der Waals surface area contributed by atoms with Gasteiger partial charge >= 0.3 is 0 Å². The zero-order chi connectivity index (χ0) is 13.8. The van der Waals surface area contributed by atoms with Gasteiger partial charge in [0.25, 0.3) is 5.69 Å². The average Bonchev–Trinajstić information content (AvgIpc) is 2.85. The van der Waals surface area contributed by atoms with Crippen molar-refractivity contribution in [2.45, 2.75) is 19.8 Å². The summed E-state index contributed by atoms with van der Waals surface area (Å²) in [7, 11) is 0. The van der Waals surface area contributed by atoms with E-state index in [2.05, 4.69) is 4.98 Å². The highest BCUT2D eigenvalue weighted by Crippen LogP contribution is 2.27. The smallest absolute Gasteiger partial charge is 0.273 e. The summed E-state index contributed by atoms with van der Waals surface area (Å²) in [5, 5.41) is 10.9. The molecule has 0 aliphatic heterocycles. The lowest BCUT2D eigenvalue weighted by molar-refractivity contribution is -0.385. The Kier molecular flexibility index (Phi) is 4.16. The van der Waals surface area contributed by atoms with Crippen LogP contribution in [0.3, 0.4) is 0 Å². The first-order valence-electron chi connectivity index (χ1n) is 5.88. The molecule has 0 aliphatic carbocycles. The number of halogens is 1. The van der Waals surface area contributed by atoms with E-state index in [1.807, 2.05) is 0 Å². The van der Waals surface area contributed by atoms with Crippen molar-refractivity contribution in [1.29, 1.82) is 0 Å². The third-order valence-electron chi connectivity index (χ3n) is 2.77. The Morgan fingerprint density at radius 1 is 1.47 bits per heavy atom. The molecule has 0 amide bonds. The lowest BCUT2D eigenvalue weighted by Crippen LogP contribution is -1.91. The van der Waals surface area contributed by atoms with Crippen molar-refractivity contribution in [1.82, 2.24) is 4.98 Å². The van der Waals surface area contributed by atoms with Gasteiger partial charge in [-0.05, 0) is 13.3 Å². The number of oxazole rings is 1. The Labute approximate surface area is 115 Å². The molecule has 19 heavy (non-hydrogen) atoms. The predicted octanol–water partition coefficient (Wildman–Crippen LogP) is 3.73. The van der Waals surface area contributed by atoms with Gasteiger partial charge in [-0.2, -0.15) is 0 Å². The molecule has 0 radical (unpaired) electrons. The first kappa shape index (κ1) is 13.5. The van der Waals surface area contributed by atoms with Gasteiger partial charge in [0.05, 0.1) is 11.1 Å². The molecule has 0 N–H and O–H groups in total. The molecule has 0 bridgehead atoms. The minimum Gasteiger partial charge on any atom is -0.441 e. The van der Waals surface area contributed by atoms with E-state index < -0.39 is 4.92 Å². The minimum atomic E-state index is -0.399. The van der Waals surface area contributed by atoms with Gasteiger partial charge in [-0.1, -0.05) is 12.1 Å². The Morgan fingerprint density at radius 2 is 2.26 bits per heavy atom. The van der Waals surface area contributed by atoms with Gasteiger partial charge in [0.2, 0.25) is 0 Å². The number of nitro groups is 1. The van der Waals surface area contributed by atoms with Crippen molar-refractivity contribution >= 4 is 17.3 Å². The van der Waals surface area contributed by atoms with E-state index in [4.69, 9.17) is 16.0 Å². The van der Waals surface area contributed by atoms with Crippen LogP contribution in [0, 0.1) is 17.0 Å². The Bertz CT molecular complexity index is 595. The molecule has 0 saturated carbocycles. The molecular weight excluding hydrogens is 268 g/mol. The molecule has 2 rings (SSSR count). The van der Waals surface area contributed by atoms with Crippen LogP contribution in [0.15, 0.2) is 28.8 Å². The molecule has 1 heterocycles. The normalized spacial score (nSPS) is 10.6. The standard InChI is InChI=1S/C13H13ClN2O3/c1-9-4-5-10(7-11(9)16(17)18)12-8-15-13(19-12)3-2-6-14/h4-5,7-8H,2-3,6H2,1H3. The summed E-state index contributed by atoms with van der Waals surface area (Å²) in [6, 6.07) is 4.99. The maximum Gasteiger partial charge on any atom is 0.273 e. The molecule has 0 aliphatic rings. The number of nitro benzene ring substituents is 1. The van der Waals surface area contributed by atoms with Crippen LogP contribution in [0.5, 0.6) is 0 Å². The molecule has 6 heteroatoms. The third kappa shape index (κ3) is 3.12. The molecule has 100 valence electrons. The van der Waals surface area contributed by atoms with Crippen molar-refractivity contribution in [3.63, 3.8) is 0 Å². The fraction of sp³-hybridized carbons (Fsp3) is 0.308. The number of hydrogen-bond donors (Lipinski definition) is 0. The van der Waals surface area contributed by atoms with Gasteiger partial charge in [-0.15, -0.1) is 11.6 Å². The highest BCUT2D eigenvalue weighted by atomic mass is 35.5. The second-order valence-corrected chi connectivity index (χ2v) is 4.55. The van der Waals surface area contributed by atoms with E-state index in [1.165, 1.54) is 6.07 Å². The number of nitrogens with zero attached hydrogens (tertiary/aromatic N) is 2. The first-order chi connectivity index (χ1) is 9.11. The van der Waals surface area contributed by atoms with Gasteiger partial charge in [-0.25, -0.2) is 4.98 Å². The zero-order valence-electron chi connectivity index (χ0n) is 10.4. The molecule has 0 unspecified atom stereocenters. The van der Waals surface area contributed by atoms with Gasteiger partial charge < -0.3 is 4.42 Å². The molecule has 0 saturated heterocycles. The van der Waals surface area contributed by atoms with Crippen LogP contribution >= 0.6 is 11.6 Å². The number of rotatable bonds is 5. The van der Waals surface area contributed by atoms with E-state index in [0.29, 0.717) is 35.1 Å².